The SMILES string of the molecule is CCNC(=O)N1CCCC(N)C1Cc1cccc(-c2cccc(OC)c2)c1. The van der Waals surface area contributed by atoms with E-state index in [1.807, 2.05) is 30.0 Å². The van der Waals surface area contributed by atoms with E-state index in [-0.39, 0.29) is 18.1 Å². The number of methoxy groups -OCH3 is 1. The van der Waals surface area contributed by atoms with Crippen LogP contribution in [0.25, 0.3) is 11.1 Å². The average molecular weight is 367 g/mol. The summed E-state index contributed by atoms with van der Waals surface area (Å²) >= 11 is 0. The van der Waals surface area contributed by atoms with Crippen molar-refractivity contribution in [1.29, 1.82) is 0 Å². The molecule has 0 spiro atoms. The molecule has 1 aliphatic heterocycles. The Hall–Kier alpha value is -2.53. The summed E-state index contributed by atoms with van der Waals surface area (Å²) in [5.41, 5.74) is 9.84. The maximum absolute atomic E-state index is 12.4. The van der Waals surface area contributed by atoms with Gasteiger partial charge in [0.2, 0.25) is 0 Å². The van der Waals surface area contributed by atoms with Crippen LogP contribution in [0.1, 0.15) is 25.3 Å². The number of likely N-dealkylation sites (tertiary alicyclic amines) is 1. The number of urea groups is 1. The summed E-state index contributed by atoms with van der Waals surface area (Å²) in [5.74, 6) is 0.842. The predicted octanol–water partition coefficient (Wildman–Crippen LogP) is 3.43. The molecule has 1 heterocycles. The Bertz CT molecular complexity index is 778. The quantitative estimate of drug-likeness (QED) is 0.851. The molecule has 1 aliphatic rings. The van der Waals surface area contributed by atoms with Crippen molar-refractivity contribution in [2.75, 3.05) is 20.2 Å². The molecular weight excluding hydrogens is 338 g/mol. The summed E-state index contributed by atoms with van der Waals surface area (Å²) in [4.78, 5) is 14.4. The first-order chi connectivity index (χ1) is 13.1. The fourth-order valence-electron chi connectivity index (χ4n) is 3.78. The summed E-state index contributed by atoms with van der Waals surface area (Å²) < 4.78 is 5.34. The van der Waals surface area contributed by atoms with E-state index >= 15 is 0 Å². The lowest BCUT2D eigenvalue weighted by Gasteiger charge is -2.40. The second-order valence-electron chi connectivity index (χ2n) is 7.04. The molecule has 2 aromatic carbocycles. The molecule has 5 nitrogen and oxygen atoms in total. The zero-order chi connectivity index (χ0) is 19.2. The molecule has 3 rings (SSSR count). The van der Waals surface area contributed by atoms with E-state index in [1.165, 1.54) is 5.56 Å². The molecule has 0 bridgehead atoms. The standard InChI is InChI=1S/C22H29N3O2/c1-3-24-22(26)25-12-6-11-20(23)21(25)14-16-7-4-8-17(13-16)18-9-5-10-19(15-18)27-2/h4-5,7-10,13,15,20-21H,3,6,11-12,14,23H2,1-2H3,(H,24,26). The van der Waals surface area contributed by atoms with Crippen LogP contribution in [-0.2, 0) is 6.42 Å². The predicted molar refractivity (Wildman–Crippen MR) is 109 cm³/mol. The Labute approximate surface area is 161 Å². The lowest BCUT2D eigenvalue weighted by Crippen LogP contribution is -2.57. The number of carbonyl (C=O) groups is 1. The van der Waals surface area contributed by atoms with Crippen LogP contribution >= 0.6 is 0 Å². The van der Waals surface area contributed by atoms with Crippen molar-refractivity contribution in [3.63, 3.8) is 0 Å². The van der Waals surface area contributed by atoms with Gasteiger partial charge in [-0.1, -0.05) is 36.4 Å². The fourth-order valence-corrected chi connectivity index (χ4v) is 3.78. The third kappa shape index (κ3) is 4.61. The second-order valence-corrected chi connectivity index (χ2v) is 7.04. The number of piperidine rings is 1. The fraction of sp³-hybridized carbons (Fsp3) is 0.409. The molecule has 144 valence electrons. The first-order valence-electron chi connectivity index (χ1n) is 9.65. The van der Waals surface area contributed by atoms with Crippen LogP contribution in [0, 0.1) is 0 Å². The van der Waals surface area contributed by atoms with Gasteiger partial charge in [-0.15, -0.1) is 0 Å². The highest BCUT2D eigenvalue weighted by molar-refractivity contribution is 5.74. The van der Waals surface area contributed by atoms with E-state index in [1.54, 1.807) is 7.11 Å². The largest absolute Gasteiger partial charge is 0.497 e. The number of hydrogen-bond acceptors (Lipinski definition) is 3. The minimum Gasteiger partial charge on any atom is -0.497 e. The van der Waals surface area contributed by atoms with Crippen LogP contribution in [0.5, 0.6) is 5.75 Å². The number of rotatable bonds is 5. The molecule has 2 unspecified atom stereocenters. The van der Waals surface area contributed by atoms with E-state index in [9.17, 15) is 4.79 Å². The van der Waals surface area contributed by atoms with Gasteiger partial charge in [0.1, 0.15) is 5.75 Å². The van der Waals surface area contributed by atoms with Gasteiger partial charge in [-0.05, 0) is 55.0 Å². The van der Waals surface area contributed by atoms with Gasteiger partial charge in [0.15, 0.2) is 0 Å². The highest BCUT2D eigenvalue weighted by Gasteiger charge is 2.32. The van der Waals surface area contributed by atoms with Crippen molar-refractivity contribution in [2.24, 2.45) is 5.73 Å². The summed E-state index contributed by atoms with van der Waals surface area (Å²) in [5, 5.41) is 2.92. The van der Waals surface area contributed by atoms with E-state index in [4.69, 9.17) is 10.5 Å². The Morgan fingerprint density at radius 1 is 1.22 bits per heavy atom. The molecular formula is C22H29N3O2. The van der Waals surface area contributed by atoms with Gasteiger partial charge >= 0.3 is 6.03 Å². The van der Waals surface area contributed by atoms with Gasteiger partial charge in [-0.2, -0.15) is 0 Å². The molecule has 1 fully saturated rings. The van der Waals surface area contributed by atoms with Crippen LogP contribution in [-0.4, -0.2) is 43.2 Å². The lowest BCUT2D eigenvalue weighted by atomic mass is 9.90. The number of nitrogens with zero attached hydrogens (tertiary/aromatic N) is 1. The lowest BCUT2D eigenvalue weighted by molar-refractivity contribution is 0.138. The minimum absolute atomic E-state index is 0.00170. The molecule has 0 aliphatic carbocycles. The summed E-state index contributed by atoms with van der Waals surface area (Å²) in [7, 11) is 1.68. The molecule has 0 radical (unpaired) electrons. The molecule has 0 saturated carbocycles. The number of nitrogens with one attached hydrogen (secondary N) is 1. The maximum Gasteiger partial charge on any atom is 0.317 e. The first kappa shape index (κ1) is 19.2. The Morgan fingerprint density at radius 3 is 2.70 bits per heavy atom. The number of benzene rings is 2. The number of amides is 2. The Balaban J connectivity index is 1.82. The molecule has 3 N–H and O–H groups in total. The molecule has 0 aromatic heterocycles. The topological polar surface area (TPSA) is 67.6 Å². The van der Waals surface area contributed by atoms with Crippen LogP contribution < -0.4 is 15.8 Å². The van der Waals surface area contributed by atoms with Crippen molar-refractivity contribution in [3.8, 4) is 16.9 Å². The van der Waals surface area contributed by atoms with Gasteiger partial charge in [0, 0.05) is 19.1 Å². The van der Waals surface area contributed by atoms with Crippen LogP contribution in [0.15, 0.2) is 48.5 Å². The summed E-state index contributed by atoms with van der Waals surface area (Å²) in [6, 6.07) is 16.5. The van der Waals surface area contributed by atoms with Crippen molar-refractivity contribution < 1.29 is 9.53 Å². The summed E-state index contributed by atoms with van der Waals surface area (Å²) in [6.07, 6.45) is 2.67. The molecule has 1 saturated heterocycles. The van der Waals surface area contributed by atoms with E-state index < -0.39 is 0 Å². The van der Waals surface area contributed by atoms with E-state index in [0.29, 0.717) is 6.54 Å². The van der Waals surface area contributed by atoms with Gasteiger partial charge in [-0.25, -0.2) is 4.79 Å². The van der Waals surface area contributed by atoms with Crippen molar-refractivity contribution in [1.82, 2.24) is 10.2 Å². The zero-order valence-corrected chi connectivity index (χ0v) is 16.2. The molecule has 2 amide bonds. The molecule has 27 heavy (non-hydrogen) atoms. The highest BCUT2D eigenvalue weighted by atomic mass is 16.5. The zero-order valence-electron chi connectivity index (χ0n) is 16.2. The van der Waals surface area contributed by atoms with Crippen molar-refractivity contribution in [3.05, 3.63) is 54.1 Å². The summed E-state index contributed by atoms with van der Waals surface area (Å²) in [6.45, 7) is 3.33. The normalized spacial score (nSPS) is 19.6. The van der Waals surface area contributed by atoms with E-state index in [2.05, 4.69) is 35.6 Å². The van der Waals surface area contributed by atoms with Gasteiger partial charge < -0.3 is 20.7 Å². The first-order valence-corrected chi connectivity index (χ1v) is 9.65. The third-order valence-electron chi connectivity index (χ3n) is 5.19. The van der Waals surface area contributed by atoms with Gasteiger partial charge in [-0.3, -0.25) is 0 Å². The van der Waals surface area contributed by atoms with Crippen LogP contribution in [0.3, 0.4) is 0 Å². The number of hydrogen-bond donors (Lipinski definition) is 2. The minimum atomic E-state index is -0.0124. The molecule has 2 aromatic rings. The van der Waals surface area contributed by atoms with Crippen molar-refractivity contribution in [2.45, 2.75) is 38.3 Å². The average Bonchev–Trinajstić information content (AvgIpc) is 2.70. The maximum atomic E-state index is 12.4. The van der Waals surface area contributed by atoms with Crippen LogP contribution in [0.4, 0.5) is 4.79 Å². The molecule has 2 atom stereocenters. The van der Waals surface area contributed by atoms with E-state index in [0.717, 1.165) is 42.7 Å². The highest BCUT2D eigenvalue weighted by Crippen LogP contribution is 2.26. The second kappa shape index (κ2) is 8.91. The number of carbonyl (C=O) groups excluding carboxylic acids is 1. The molecule has 5 heteroatoms. The monoisotopic (exact) mass is 367 g/mol. The van der Waals surface area contributed by atoms with Crippen LogP contribution in [0.2, 0.25) is 0 Å². The van der Waals surface area contributed by atoms with Gasteiger partial charge in [0.05, 0.1) is 13.2 Å². The number of nitrogens with two attached hydrogens (primary N) is 1. The van der Waals surface area contributed by atoms with Gasteiger partial charge in [0.25, 0.3) is 0 Å². The Morgan fingerprint density at radius 2 is 1.96 bits per heavy atom. The number of ether oxygens (including phenoxy) is 1. The smallest absolute Gasteiger partial charge is 0.317 e. The Kier molecular flexibility index (Phi) is 6.35. The third-order valence-corrected chi connectivity index (χ3v) is 5.19. The van der Waals surface area contributed by atoms with Crippen molar-refractivity contribution >= 4 is 6.03 Å².